The van der Waals surface area contributed by atoms with E-state index in [4.69, 9.17) is 0 Å². The fourth-order valence-corrected chi connectivity index (χ4v) is 1.78. The van der Waals surface area contributed by atoms with Gasteiger partial charge in [-0.05, 0) is 38.0 Å². The molecule has 0 saturated carbocycles. The van der Waals surface area contributed by atoms with Crippen LogP contribution < -0.4 is 10.6 Å². The van der Waals surface area contributed by atoms with Crippen molar-refractivity contribution in [3.8, 4) is 0 Å². The molecule has 1 aromatic carbocycles. The second kappa shape index (κ2) is 6.99. The third-order valence-electron chi connectivity index (χ3n) is 2.69. The van der Waals surface area contributed by atoms with Gasteiger partial charge in [0.2, 0.25) is 5.91 Å². The molecule has 3 nitrogen and oxygen atoms in total. The highest BCUT2D eigenvalue weighted by molar-refractivity contribution is 5.81. The summed E-state index contributed by atoms with van der Waals surface area (Å²) in [6, 6.07) is 4.95. The first kappa shape index (κ1) is 14.5. The van der Waals surface area contributed by atoms with Crippen molar-refractivity contribution >= 4 is 11.6 Å². The number of aryl methyl sites for hydroxylation is 1. The number of benzene rings is 1. The summed E-state index contributed by atoms with van der Waals surface area (Å²) in [5.41, 5.74) is 1.33. The molecule has 0 radical (unpaired) electrons. The van der Waals surface area contributed by atoms with Gasteiger partial charge >= 0.3 is 0 Å². The Labute approximate surface area is 108 Å². The minimum Gasteiger partial charge on any atom is -0.374 e. The minimum atomic E-state index is -0.338. The van der Waals surface area contributed by atoms with Crippen molar-refractivity contribution in [2.75, 3.05) is 11.9 Å². The summed E-state index contributed by atoms with van der Waals surface area (Å²) in [7, 11) is 0. The van der Waals surface area contributed by atoms with Crippen LogP contribution in [0.5, 0.6) is 0 Å². The van der Waals surface area contributed by atoms with Gasteiger partial charge < -0.3 is 10.6 Å². The van der Waals surface area contributed by atoms with Gasteiger partial charge in [0.15, 0.2) is 0 Å². The van der Waals surface area contributed by atoms with E-state index in [0.29, 0.717) is 5.69 Å². The Morgan fingerprint density at radius 1 is 1.44 bits per heavy atom. The zero-order valence-electron chi connectivity index (χ0n) is 11.2. The Kier molecular flexibility index (Phi) is 5.62. The summed E-state index contributed by atoms with van der Waals surface area (Å²) in [6.07, 6.45) is 1.98. The van der Waals surface area contributed by atoms with E-state index in [2.05, 4.69) is 17.6 Å². The lowest BCUT2D eigenvalue weighted by Gasteiger charge is -2.14. The predicted octanol–water partition coefficient (Wildman–Crippen LogP) is 2.85. The zero-order valence-corrected chi connectivity index (χ0v) is 11.2. The number of hydrogen-bond donors (Lipinski definition) is 2. The van der Waals surface area contributed by atoms with E-state index in [1.165, 1.54) is 6.07 Å². The highest BCUT2D eigenvalue weighted by atomic mass is 19.1. The normalized spacial score (nSPS) is 12.0. The molecule has 0 aliphatic carbocycles. The molecule has 0 aromatic heterocycles. The highest BCUT2D eigenvalue weighted by Crippen LogP contribution is 2.14. The van der Waals surface area contributed by atoms with E-state index in [1.807, 2.05) is 13.8 Å². The van der Waals surface area contributed by atoms with Crippen molar-refractivity contribution in [1.29, 1.82) is 0 Å². The number of halogens is 1. The number of rotatable bonds is 6. The fraction of sp³-hybridized carbons (Fsp3) is 0.500. The molecule has 18 heavy (non-hydrogen) atoms. The molecule has 0 spiro atoms. The van der Waals surface area contributed by atoms with E-state index in [0.717, 1.165) is 18.4 Å². The highest BCUT2D eigenvalue weighted by Gasteiger charge is 2.07. The van der Waals surface area contributed by atoms with Gasteiger partial charge in [-0.3, -0.25) is 4.79 Å². The Hall–Kier alpha value is -1.58. The molecule has 0 aliphatic heterocycles. The SMILES string of the molecule is CCCC(C)NC(=O)CNc1cc(C)ccc1F. The van der Waals surface area contributed by atoms with Crippen LogP contribution in [-0.4, -0.2) is 18.5 Å². The van der Waals surface area contributed by atoms with Crippen LogP contribution >= 0.6 is 0 Å². The largest absolute Gasteiger partial charge is 0.374 e. The molecule has 0 bridgehead atoms. The maximum Gasteiger partial charge on any atom is 0.239 e. The van der Waals surface area contributed by atoms with E-state index >= 15 is 0 Å². The van der Waals surface area contributed by atoms with Crippen LogP contribution in [0.4, 0.5) is 10.1 Å². The van der Waals surface area contributed by atoms with Gasteiger partial charge in [0, 0.05) is 6.04 Å². The monoisotopic (exact) mass is 252 g/mol. The van der Waals surface area contributed by atoms with Crippen LogP contribution in [0, 0.1) is 12.7 Å². The zero-order chi connectivity index (χ0) is 13.5. The molecule has 0 fully saturated rings. The minimum absolute atomic E-state index is 0.0917. The van der Waals surface area contributed by atoms with E-state index in [1.54, 1.807) is 12.1 Å². The van der Waals surface area contributed by atoms with Crippen molar-refractivity contribution in [2.24, 2.45) is 0 Å². The number of nitrogens with one attached hydrogen (secondary N) is 2. The maximum atomic E-state index is 13.4. The topological polar surface area (TPSA) is 41.1 Å². The average molecular weight is 252 g/mol. The Morgan fingerprint density at radius 3 is 2.83 bits per heavy atom. The van der Waals surface area contributed by atoms with Crippen molar-refractivity contribution in [2.45, 2.75) is 39.7 Å². The van der Waals surface area contributed by atoms with Gasteiger partial charge in [0.1, 0.15) is 5.82 Å². The third kappa shape index (κ3) is 4.73. The number of hydrogen-bond acceptors (Lipinski definition) is 2. The van der Waals surface area contributed by atoms with Crippen molar-refractivity contribution in [3.05, 3.63) is 29.6 Å². The van der Waals surface area contributed by atoms with Crippen LogP contribution in [0.25, 0.3) is 0 Å². The number of carbonyl (C=O) groups excluding carboxylic acids is 1. The molecular weight excluding hydrogens is 231 g/mol. The molecule has 2 N–H and O–H groups in total. The molecule has 0 heterocycles. The molecule has 0 aliphatic rings. The third-order valence-corrected chi connectivity index (χ3v) is 2.69. The number of carbonyl (C=O) groups is 1. The summed E-state index contributed by atoms with van der Waals surface area (Å²) in [4.78, 5) is 11.6. The van der Waals surface area contributed by atoms with Crippen molar-refractivity contribution in [1.82, 2.24) is 5.32 Å². The Morgan fingerprint density at radius 2 is 2.17 bits per heavy atom. The summed E-state index contributed by atoms with van der Waals surface area (Å²) >= 11 is 0. The number of anilines is 1. The Balaban J connectivity index is 2.45. The number of amides is 1. The van der Waals surface area contributed by atoms with Gasteiger partial charge in [0.05, 0.1) is 12.2 Å². The van der Waals surface area contributed by atoms with Crippen LogP contribution in [0.2, 0.25) is 0 Å². The first-order valence-corrected chi connectivity index (χ1v) is 6.32. The van der Waals surface area contributed by atoms with Crippen LogP contribution in [0.15, 0.2) is 18.2 Å². The first-order valence-electron chi connectivity index (χ1n) is 6.32. The summed E-state index contributed by atoms with van der Waals surface area (Å²) in [6.45, 7) is 6.01. The quantitative estimate of drug-likeness (QED) is 0.817. The second-order valence-corrected chi connectivity index (χ2v) is 4.59. The van der Waals surface area contributed by atoms with Crippen LogP contribution in [0.1, 0.15) is 32.3 Å². The lowest BCUT2D eigenvalue weighted by Crippen LogP contribution is -2.36. The van der Waals surface area contributed by atoms with Gasteiger partial charge in [-0.25, -0.2) is 4.39 Å². The molecule has 4 heteroatoms. The first-order chi connectivity index (χ1) is 8.52. The molecular formula is C14H21FN2O. The molecule has 0 saturated heterocycles. The molecule has 1 unspecified atom stereocenters. The van der Waals surface area contributed by atoms with Gasteiger partial charge in [-0.1, -0.05) is 19.4 Å². The molecule has 1 atom stereocenters. The average Bonchev–Trinajstić information content (AvgIpc) is 2.30. The smallest absolute Gasteiger partial charge is 0.239 e. The predicted molar refractivity (Wildman–Crippen MR) is 72.1 cm³/mol. The van der Waals surface area contributed by atoms with Crippen LogP contribution in [0.3, 0.4) is 0 Å². The lowest BCUT2D eigenvalue weighted by atomic mass is 10.2. The molecule has 1 amide bonds. The van der Waals surface area contributed by atoms with E-state index in [9.17, 15) is 9.18 Å². The van der Waals surface area contributed by atoms with Crippen molar-refractivity contribution < 1.29 is 9.18 Å². The van der Waals surface area contributed by atoms with Crippen molar-refractivity contribution in [3.63, 3.8) is 0 Å². The van der Waals surface area contributed by atoms with Gasteiger partial charge in [0.25, 0.3) is 0 Å². The summed E-state index contributed by atoms with van der Waals surface area (Å²) in [5, 5.41) is 5.68. The summed E-state index contributed by atoms with van der Waals surface area (Å²) < 4.78 is 13.4. The summed E-state index contributed by atoms with van der Waals surface area (Å²) in [5.74, 6) is -0.452. The fourth-order valence-electron chi connectivity index (χ4n) is 1.78. The van der Waals surface area contributed by atoms with E-state index in [-0.39, 0.29) is 24.3 Å². The van der Waals surface area contributed by atoms with E-state index < -0.39 is 0 Å². The maximum absolute atomic E-state index is 13.4. The lowest BCUT2D eigenvalue weighted by molar-refractivity contribution is -0.120. The second-order valence-electron chi connectivity index (χ2n) is 4.59. The molecule has 100 valence electrons. The molecule has 1 rings (SSSR count). The van der Waals surface area contributed by atoms with Gasteiger partial charge in [-0.15, -0.1) is 0 Å². The standard InChI is InChI=1S/C14H21FN2O/c1-4-5-11(3)17-14(18)9-16-13-8-10(2)6-7-12(13)15/h6-8,11,16H,4-5,9H2,1-3H3,(H,17,18). The Bertz CT molecular complexity index is 407. The van der Waals surface area contributed by atoms with Gasteiger partial charge in [-0.2, -0.15) is 0 Å². The van der Waals surface area contributed by atoms with Crippen LogP contribution in [-0.2, 0) is 4.79 Å². The molecule has 1 aromatic rings.